The quantitative estimate of drug-likeness (QED) is 0.825. The molecule has 0 spiro atoms. The van der Waals surface area contributed by atoms with Crippen LogP contribution in [0.2, 0.25) is 0 Å². The fourth-order valence-electron chi connectivity index (χ4n) is 3.97. The van der Waals surface area contributed by atoms with Crippen LogP contribution in [0.5, 0.6) is 0 Å². The van der Waals surface area contributed by atoms with Gasteiger partial charge >= 0.3 is 6.09 Å². The minimum atomic E-state index is -0.524. The molecule has 0 aromatic carbocycles. The normalized spacial score (nSPS) is 27.2. The van der Waals surface area contributed by atoms with E-state index in [4.69, 9.17) is 4.74 Å². The van der Waals surface area contributed by atoms with Gasteiger partial charge < -0.3 is 15.0 Å². The summed E-state index contributed by atoms with van der Waals surface area (Å²) in [6.07, 6.45) is 6.16. The van der Waals surface area contributed by atoms with Crippen LogP contribution in [0.15, 0.2) is 40.2 Å². The first-order chi connectivity index (χ1) is 11.0. The Morgan fingerprint density at radius 2 is 2.26 bits per heavy atom. The molecule has 0 saturated carbocycles. The second kappa shape index (κ2) is 5.72. The van der Waals surface area contributed by atoms with Crippen molar-refractivity contribution < 1.29 is 9.53 Å². The third-order valence-electron chi connectivity index (χ3n) is 4.96. The lowest BCUT2D eigenvalue weighted by atomic mass is 9.63. The SMILES string of the molecule is C/C=C1\C2C=C(CC)CC1(NC(=O)OC)Cc1[nH]c(=O)ccc12. The smallest absolute Gasteiger partial charge is 0.407 e. The van der Waals surface area contributed by atoms with Crippen LogP contribution in [0.1, 0.15) is 43.9 Å². The number of aromatic amines is 1. The van der Waals surface area contributed by atoms with Gasteiger partial charge in [0.25, 0.3) is 0 Å². The highest BCUT2D eigenvalue weighted by Gasteiger charge is 2.47. The van der Waals surface area contributed by atoms with E-state index in [0.29, 0.717) is 6.42 Å². The molecule has 2 N–H and O–H groups in total. The summed E-state index contributed by atoms with van der Waals surface area (Å²) in [5.74, 6) is 0.0847. The summed E-state index contributed by atoms with van der Waals surface area (Å²) in [7, 11) is 1.37. The molecule has 23 heavy (non-hydrogen) atoms. The number of H-pyrrole nitrogens is 1. The van der Waals surface area contributed by atoms with Crippen molar-refractivity contribution in [2.45, 2.75) is 44.6 Å². The van der Waals surface area contributed by atoms with E-state index in [1.807, 2.05) is 13.0 Å². The molecule has 1 heterocycles. The number of rotatable bonds is 2. The molecular formula is C18H22N2O3. The molecular weight excluding hydrogens is 292 g/mol. The van der Waals surface area contributed by atoms with E-state index in [0.717, 1.165) is 24.1 Å². The Balaban J connectivity index is 2.19. The molecule has 2 aliphatic rings. The third kappa shape index (κ3) is 2.50. The molecule has 122 valence electrons. The van der Waals surface area contributed by atoms with Crippen LogP contribution < -0.4 is 10.9 Å². The van der Waals surface area contributed by atoms with Gasteiger partial charge in [0.05, 0.1) is 12.6 Å². The van der Waals surface area contributed by atoms with E-state index >= 15 is 0 Å². The lowest BCUT2D eigenvalue weighted by Gasteiger charge is -2.47. The van der Waals surface area contributed by atoms with Gasteiger partial charge in [0.2, 0.25) is 5.56 Å². The first-order valence-electron chi connectivity index (χ1n) is 7.97. The number of carbonyl (C=O) groups excluding carboxylic acids is 1. The molecule has 1 aromatic heterocycles. The molecule has 1 aromatic rings. The minimum Gasteiger partial charge on any atom is -0.453 e. The Kier molecular flexibility index (Phi) is 3.88. The van der Waals surface area contributed by atoms with Gasteiger partial charge in [0.1, 0.15) is 0 Å². The molecule has 0 radical (unpaired) electrons. The number of fused-ring (bicyclic) bond motifs is 4. The number of hydrogen-bond acceptors (Lipinski definition) is 3. The number of nitrogens with one attached hydrogen (secondary N) is 2. The van der Waals surface area contributed by atoms with E-state index < -0.39 is 11.6 Å². The molecule has 2 bridgehead atoms. The maximum absolute atomic E-state index is 12.0. The summed E-state index contributed by atoms with van der Waals surface area (Å²) in [6, 6.07) is 3.47. The molecule has 0 fully saturated rings. The summed E-state index contributed by atoms with van der Waals surface area (Å²) in [5.41, 5.74) is 3.86. The zero-order chi connectivity index (χ0) is 16.6. The summed E-state index contributed by atoms with van der Waals surface area (Å²) in [4.78, 5) is 26.6. The van der Waals surface area contributed by atoms with Crippen LogP contribution in [0.3, 0.4) is 0 Å². The van der Waals surface area contributed by atoms with Crippen molar-refractivity contribution >= 4 is 6.09 Å². The number of pyridine rings is 1. The number of hydrogen-bond donors (Lipinski definition) is 2. The van der Waals surface area contributed by atoms with Crippen molar-refractivity contribution in [3.05, 3.63) is 57.0 Å². The highest BCUT2D eigenvalue weighted by atomic mass is 16.5. The topological polar surface area (TPSA) is 71.2 Å². The van der Waals surface area contributed by atoms with Crippen molar-refractivity contribution in [3.8, 4) is 0 Å². The Morgan fingerprint density at radius 1 is 1.48 bits per heavy atom. The van der Waals surface area contributed by atoms with Gasteiger partial charge in [-0.2, -0.15) is 0 Å². The van der Waals surface area contributed by atoms with Crippen molar-refractivity contribution in [3.63, 3.8) is 0 Å². The molecule has 0 saturated heterocycles. The van der Waals surface area contributed by atoms with Crippen LogP contribution in [-0.4, -0.2) is 23.7 Å². The van der Waals surface area contributed by atoms with Gasteiger partial charge in [-0.25, -0.2) is 4.79 Å². The van der Waals surface area contributed by atoms with Gasteiger partial charge in [-0.05, 0) is 30.9 Å². The number of methoxy groups -OCH3 is 1. The Morgan fingerprint density at radius 3 is 2.91 bits per heavy atom. The van der Waals surface area contributed by atoms with Gasteiger partial charge in [-0.3, -0.25) is 4.79 Å². The summed E-state index contributed by atoms with van der Waals surface area (Å²) in [5, 5.41) is 3.05. The summed E-state index contributed by atoms with van der Waals surface area (Å²) >= 11 is 0. The largest absolute Gasteiger partial charge is 0.453 e. The molecule has 5 heteroatoms. The van der Waals surface area contributed by atoms with Crippen molar-refractivity contribution in [1.82, 2.24) is 10.3 Å². The lowest BCUT2D eigenvalue weighted by molar-refractivity contribution is 0.156. The van der Waals surface area contributed by atoms with Gasteiger partial charge in [0, 0.05) is 24.1 Å². The van der Waals surface area contributed by atoms with E-state index in [-0.39, 0.29) is 11.5 Å². The summed E-state index contributed by atoms with van der Waals surface area (Å²) < 4.78 is 4.84. The monoisotopic (exact) mass is 314 g/mol. The fraction of sp³-hybridized carbons (Fsp3) is 0.444. The molecule has 2 unspecified atom stereocenters. The third-order valence-corrected chi connectivity index (χ3v) is 4.96. The van der Waals surface area contributed by atoms with E-state index in [2.05, 4.69) is 29.4 Å². The van der Waals surface area contributed by atoms with Gasteiger partial charge in [-0.1, -0.05) is 30.7 Å². The minimum absolute atomic E-state index is 0.0847. The maximum atomic E-state index is 12.0. The number of allylic oxidation sites excluding steroid dienone is 2. The van der Waals surface area contributed by atoms with Crippen molar-refractivity contribution in [2.75, 3.05) is 7.11 Å². The molecule has 0 aliphatic heterocycles. The zero-order valence-electron chi connectivity index (χ0n) is 13.7. The fourth-order valence-corrected chi connectivity index (χ4v) is 3.97. The first kappa shape index (κ1) is 15.6. The Labute approximate surface area is 135 Å². The van der Waals surface area contributed by atoms with E-state index in [9.17, 15) is 9.59 Å². The molecule has 2 atom stereocenters. The predicted molar refractivity (Wildman–Crippen MR) is 88.5 cm³/mol. The highest BCUT2D eigenvalue weighted by molar-refractivity contribution is 5.70. The first-order valence-corrected chi connectivity index (χ1v) is 7.97. The average Bonchev–Trinajstić information content (AvgIpc) is 2.53. The average molecular weight is 314 g/mol. The zero-order valence-corrected chi connectivity index (χ0v) is 13.7. The maximum Gasteiger partial charge on any atom is 0.407 e. The predicted octanol–water partition coefficient (Wildman–Crippen LogP) is 2.80. The number of aromatic nitrogens is 1. The number of ether oxygens (including phenoxy) is 1. The Bertz CT molecular complexity index is 760. The number of carbonyl (C=O) groups is 1. The van der Waals surface area contributed by atoms with Crippen LogP contribution in [0, 0.1) is 0 Å². The molecule has 5 nitrogen and oxygen atoms in total. The number of amides is 1. The van der Waals surface area contributed by atoms with Crippen molar-refractivity contribution in [1.29, 1.82) is 0 Å². The standard InChI is InChI=1S/C18H22N2O3/c1-4-11-8-13-12-6-7-16(21)19-15(12)10-18(9-11,14(13)5-2)20-17(22)23-3/h5-8,13H,4,9-10H2,1-3H3,(H,19,21)(H,20,22)/b14-5+. The number of alkyl carbamates (subject to hydrolysis) is 1. The summed E-state index contributed by atoms with van der Waals surface area (Å²) in [6.45, 7) is 4.12. The molecule has 1 amide bonds. The Hall–Kier alpha value is -2.30. The van der Waals surface area contributed by atoms with Gasteiger partial charge in [-0.15, -0.1) is 0 Å². The van der Waals surface area contributed by atoms with Crippen molar-refractivity contribution in [2.24, 2.45) is 0 Å². The van der Waals surface area contributed by atoms with Crippen LogP contribution in [-0.2, 0) is 11.2 Å². The molecule has 3 rings (SSSR count). The van der Waals surface area contributed by atoms with Crippen LogP contribution in [0.25, 0.3) is 0 Å². The lowest BCUT2D eigenvalue weighted by Crippen LogP contribution is -2.56. The van der Waals surface area contributed by atoms with E-state index in [1.165, 1.54) is 18.3 Å². The molecule has 2 aliphatic carbocycles. The second-order valence-corrected chi connectivity index (χ2v) is 6.21. The van der Waals surface area contributed by atoms with E-state index in [1.54, 1.807) is 6.07 Å². The second-order valence-electron chi connectivity index (χ2n) is 6.21. The van der Waals surface area contributed by atoms with Gasteiger partial charge in [0.15, 0.2) is 0 Å². The van der Waals surface area contributed by atoms with Crippen LogP contribution >= 0.6 is 0 Å². The highest BCUT2D eigenvalue weighted by Crippen LogP contribution is 2.48. The van der Waals surface area contributed by atoms with Crippen LogP contribution in [0.4, 0.5) is 4.79 Å².